The summed E-state index contributed by atoms with van der Waals surface area (Å²) in [4.78, 5) is 14.2. The largest absolute Gasteiger partial charge is 0.496 e. The van der Waals surface area contributed by atoms with E-state index >= 15 is 0 Å². The molecule has 4 aromatic rings. The van der Waals surface area contributed by atoms with Crippen LogP contribution in [0.3, 0.4) is 0 Å². The first-order chi connectivity index (χ1) is 21.3. The topological polar surface area (TPSA) is 75.7 Å². The number of benzene rings is 4. The molecule has 1 N–H and O–H groups in total. The van der Waals surface area contributed by atoms with Gasteiger partial charge in [-0.3, -0.25) is 9.10 Å². The maximum atomic E-state index is 14.3. The van der Waals surface area contributed by atoms with Crippen LogP contribution in [0.25, 0.3) is 0 Å². The molecule has 0 aromatic heterocycles. The lowest BCUT2D eigenvalue weighted by atomic mass is 9.98. The summed E-state index contributed by atoms with van der Waals surface area (Å²) in [6.45, 7) is 3.77. The van der Waals surface area contributed by atoms with Gasteiger partial charge in [0, 0.05) is 18.5 Å². The van der Waals surface area contributed by atoms with Crippen LogP contribution in [0.2, 0.25) is 0 Å². The van der Waals surface area contributed by atoms with Gasteiger partial charge in [-0.15, -0.1) is 0 Å². The quantitative estimate of drug-likeness (QED) is 0.178. The van der Waals surface area contributed by atoms with Gasteiger partial charge in [0.2, 0.25) is 5.91 Å². The minimum absolute atomic E-state index is 0.0649. The molecular formula is C37H42N2O4S. The fourth-order valence-corrected chi connectivity index (χ4v) is 7.86. The number of rotatable bonds is 13. The zero-order valence-corrected chi connectivity index (χ0v) is 26.6. The Labute approximate surface area is 262 Å². The van der Waals surface area contributed by atoms with Gasteiger partial charge in [0.05, 0.1) is 17.7 Å². The SMILES string of the molecule is COc1cc(S(=O)(=O)N2c3ccccc3CC2C(=O)NC(CCCc2ccccc2)CCCc2ccccc2)cc(C)c1C. The van der Waals surface area contributed by atoms with Crippen molar-refractivity contribution in [3.05, 3.63) is 125 Å². The van der Waals surface area contributed by atoms with Crippen molar-refractivity contribution in [2.75, 3.05) is 11.4 Å². The van der Waals surface area contributed by atoms with Crippen molar-refractivity contribution in [3.8, 4) is 5.75 Å². The third kappa shape index (κ3) is 7.16. The zero-order chi connectivity index (χ0) is 31.1. The first kappa shape index (κ1) is 31.3. The van der Waals surface area contributed by atoms with Gasteiger partial charge in [-0.2, -0.15) is 0 Å². The number of hydrogen-bond acceptors (Lipinski definition) is 4. The Balaban J connectivity index is 1.38. The first-order valence-electron chi connectivity index (χ1n) is 15.4. The van der Waals surface area contributed by atoms with Crippen LogP contribution in [0.4, 0.5) is 5.69 Å². The van der Waals surface area contributed by atoms with E-state index in [9.17, 15) is 13.2 Å². The second-order valence-corrected chi connectivity index (χ2v) is 13.5. The molecule has 5 rings (SSSR count). The van der Waals surface area contributed by atoms with Crippen LogP contribution in [-0.4, -0.2) is 33.5 Å². The van der Waals surface area contributed by atoms with E-state index < -0.39 is 16.1 Å². The van der Waals surface area contributed by atoms with Crippen molar-refractivity contribution in [1.29, 1.82) is 0 Å². The van der Waals surface area contributed by atoms with Gasteiger partial charge in [0.1, 0.15) is 11.8 Å². The highest BCUT2D eigenvalue weighted by Crippen LogP contribution is 2.38. The standard InChI is InChI=1S/C37H42N2O4S/c1-27-24-33(26-36(43-3)28(27)2)44(41,42)39-34-23-11-10-20-31(34)25-35(39)37(40)38-32(21-12-18-29-14-6-4-7-15-29)22-13-19-30-16-8-5-9-17-30/h4-11,14-17,20,23-24,26,32,35H,12-13,18-19,21-22,25H2,1-3H3,(H,38,40). The van der Waals surface area contributed by atoms with Crippen LogP contribution >= 0.6 is 0 Å². The number of sulfonamides is 1. The predicted octanol–water partition coefficient (Wildman–Crippen LogP) is 6.96. The Morgan fingerprint density at radius 2 is 1.43 bits per heavy atom. The van der Waals surface area contributed by atoms with Gasteiger partial charge in [0.15, 0.2) is 0 Å². The summed E-state index contributed by atoms with van der Waals surface area (Å²) in [6.07, 6.45) is 5.66. The molecule has 0 fully saturated rings. The van der Waals surface area contributed by atoms with Gasteiger partial charge in [-0.25, -0.2) is 8.42 Å². The average Bonchev–Trinajstić information content (AvgIpc) is 3.44. The molecule has 0 spiro atoms. The molecule has 1 aliphatic heterocycles. The Hall–Kier alpha value is -4.10. The molecule has 0 radical (unpaired) electrons. The fourth-order valence-electron chi connectivity index (χ4n) is 6.10. The molecule has 6 nitrogen and oxygen atoms in total. The van der Waals surface area contributed by atoms with E-state index in [-0.39, 0.29) is 16.8 Å². The van der Waals surface area contributed by atoms with E-state index in [1.54, 1.807) is 18.2 Å². The molecule has 1 amide bonds. The van der Waals surface area contributed by atoms with Crippen molar-refractivity contribution in [2.24, 2.45) is 0 Å². The summed E-state index contributed by atoms with van der Waals surface area (Å²) in [5, 5.41) is 3.29. The number of nitrogens with zero attached hydrogens (tertiary/aromatic N) is 1. The Bertz CT molecular complexity index is 1630. The highest BCUT2D eigenvalue weighted by Gasteiger charge is 2.43. The van der Waals surface area contributed by atoms with E-state index in [0.29, 0.717) is 17.9 Å². The lowest BCUT2D eigenvalue weighted by molar-refractivity contribution is -0.122. The minimum Gasteiger partial charge on any atom is -0.496 e. The monoisotopic (exact) mass is 610 g/mol. The summed E-state index contributed by atoms with van der Waals surface area (Å²) in [5.41, 5.74) is 5.64. The van der Waals surface area contributed by atoms with Gasteiger partial charge >= 0.3 is 0 Å². The van der Waals surface area contributed by atoms with Crippen molar-refractivity contribution >= 4 is 21.6 Å². The van der Waals surface area contributed by atoms with Crippen LogP contribution < -0.4 is 14.4 Å². The molecule has 0 aliphatic carbocycles. The summed E-state index contributed by atoms with van der Waals surface area (Å²) in [7, 11) is -2.53. The number of methoxy groups -OCH3 is 1. The molecule has 0 bridgehead atoms. The fraction of sp³-hybridized carbons (Fsp3) is 0.324. The predicted molar refractivity (Wildman–Crippen MR) is 177 cm³/mol. The number of aryl methyl sites for hydroxylation is 3. The summed E-state index contributed by atoms with van der Waals surface area (Å²) in [5.74, 6) is 0.249. The van der Waals surface area contributed by atoms with Crippen LogP contribution in [0.5, 0.6) is 5.75 Å². The molecule has 1 heterocycles. The first-order valence-corrected chi connectivity index (χ1v) is 16.9. The number of para-hydroxylation sites is 1. The van der Waals surface area contributed by atoms with E-state index in [1.165, 1.54) is 22.5 Å². The maximum absolute atomic E-state index is 14.3. The zero-order valence-electron chi connectivity index (χ0n) is 25.8. The average molecular weight is 611 g/mol. The second-order valence-electron chi connectivity index (χ2n) is 11.7. The maximum Gasteiger partial charge on any atom is 0.265 e. The van der Waals surface area contributed by atoms with Gasteiger partial charge < -0.3 is 10.1 Å². The summed E-state index contributed by atoms with van der Waals surface area (Å²) >= 11 is 0. The molecule has 7 heteroatoms. The lowest BCUT2D eigenvalue weighted by Gasteiger charge is -2.29. The van der Waals surface area contributed by atoms with Crippen LogP contribution in [0, 0.1) is 13.8 Å². The smallest absolute Gasteiger partial charge is 0.265 e. The van der Waals surface area contributed by atoms with Crippen LogP contribution in [-0.2, 0) is 34.1 Å². The third-order valence-electron chi connectivity index (χ3n) is 8.67. The molecule has 44 heavy (non-hydrogen) atoms. The van der Waals surface area contributed by atoms with E-state index in [0.717, 1.165) is 55.2 Å². The van der Waals surface area contributed by atoms with Crippen molar-refractivity contribution < 1.29 is 17.9 Å². The minimum atomic E-state index is -4.07. The molecule has 0 saturated heterocycles. The summed E-state index contributed by atoms with van der Waals surface area (Å²) < 4.78 is 35.4. The number of hydrogen-bond donors (Lipinski definition) is 1. The van der Waals surface area contributed by atoms with Crippen LogP contribution in [0.1, 0.15) is 53.5 Å². The molecule has 1 atom stereocenters. The number of amides is 1. The van der Waals surface area contributed by atoms with Gasteiger partial charge in [-0.1, -0.05) is 78.9 Å². The van der Waals surface area contributed by atoms with Crippen molar-refractivity contribution in [2.45, 2.75) is 75.8 Å². The Morgan fingerprint density at radius 3 is 2.02 bits per heavy atom. The molecular weight excluding hydrogens is 568 g/mol. The van der Waals surface area contributed by atoms with Gasteiger partial charge in [-0.05, 0) is 92.3 Å². The Morgan fingerprint density at radius 1 is 0.864 bits per heavy atom. The molecule has 0 saturated carbocycles. The number of fused-ring (bicyclic) bond motifs is 1. The van der Waals surface area contributed by atoms with Crippen molar-refractivity contribution in [3.63, 3.8) is 0 Å². The van der Waals surface area contributed by atoms with Gasteiger partial charge in [0.25, 0.3) is 10.0 Å². The third-order valence-corrected chi connectivity index (χ3v) is 10.5. The number of anilines is 1. The summed E-state index contributed by atoms with van der Waals surface area (Å²) in [6, 6.07) is 30.4. The van der Waals surface area contributed by atoms with E-state index in [4.69, 9.17) is 4.74 Å². The van der Waals surface area contributed by atoms with E-state index in [2.05, 4.69) is 29.6 Å². The normalized spacial score (nSPS) is 14.5. The van der Waals surface area contributed by atoms with E-state index in [1.807, 2.05) is 68.4 Å². The number of nitrogens with one attached hydrogen (secondary N) is 1. The van der Waals surface area contributed by atoms with Crippen molar-refractivity contribution in [1.82, 2.24) is 5.32 Å². The number of ether oxygens (including phenoxy) is 1. The number of carbonyl (C=O) groups is 1. The lowest BCUT2D eigenvalue weighted by Crippen LogP contribution is -2.50. The van der Waals surface area contributed by atoms with Crippen LogP contribution in [0.15, 0.2) is 102 Å². The molecule has 1 aliphatic rings. The molecule has 4 aromatic carbocycles. The molecule has 230 valence electrons. The molecule has 1 unspecified atom stereocenters. The second kappa shape index (κ2) is 14.1. The number of carbonyl (C=O) groups excluding carboxylic acids is 1. The Kier molecular flexibility index (Phi) is 10.1. The highest BCUT2D eigenvalue weighted by molar-refractivity contribution is 7.93. The highest BCUT2D eigenvalue weighted by atomic mass is 32.2.